The first-order valence-corrected chi connectivity index (χ1v) is 8.07. The fourth-order valence-electron chi connectivity index (χ4n) is 2.65. The lowest BCUT2D eigenvalue weighted by molar-refractivity contribution is 0.00598. The van der Waals surface area contributed by atoms with E-state index in [1.807, 2.05) is 20.8 Å². The molecule has 1 aliphatic heterocycles. The zero-order chi connectivity index (χ0) is 17.0. The van der Waals surface area contributed by atoms with E-state index in [4.69, 9.17) is 4.74 Å². The van der Waals surface area contributed by atoms with Crippen molar-refractivity contribution in [3.8, 4) is 0 Å². The first kappa shape index (κ1) is 17.7. The second-order valence-corrected chi connectivity index (χ2v) is 7.05. The lowest BCUT2D eigenvalue weighted by Crippen LogP contribution is -2.54. The molecule has 1 amide bonds. The Morgan fingerprint density at radius 3 is 2.70 bits per heavy atom. The maximum absolute atomic E-state index is 12.8. The molecule has 6 heteroatoms. The average molecular weight is 323 g/mol. The zero-order valence-electron chi connectivity index (χ0n) is 14.4. The first-order valence-electron chi connectivity index (χ1n) is 8.07. The molecule has 128 valence electrons. The molecule has 2 heterocycles. The third-order valence-electron chi connectivity index (χ3n) is 3.89. The van der Waals surface area contributed by atoms with Crippen LogP contribution in [0.15, 0.2) is 18.3 Å². The van der Waals surface area contributed by atoms with E-state index in [0.717, 1.165) is 25.1 Å². The Labute approximate surface area is 137 Å². The second-order valence-electron chi connectivity index (χ2n) is 7.05. The van der Waals surface area contributed by atoms with Gasteiger partial charge in [-0.15, -0.1) is 0 Å². The predicted molar refractivity (Wildman–Crippen MR) is 86.7 cm³/mol. The van der Waals surface area contributed by atoms with Crippen LogP contribution in [0.3, 0.4) is 0 Å². The van der Waals surface area contributed by atoms with Crippen molar-refractivity contribution in [2.75, 3.05) is 26.2 Å². The minimum atomic E-state index is -0.465. The van der Waals surface area contributed by atoms with E-state index in [2.05, 4.69) is 16.8 Å². The Hall–Kier alpha value is -1.69. The van der Waals surface area contributed by atoms with Crippen LogP contribution in [-0.2, 0) is 11.2 Å². The van der Waals surface area contributed by atoms with Gasteiger partial charge >= 0.3 is 6.09 Å². The molecule has 0 unspecified atom stereocenters. The zero-order valence-corrected chi connectivity index (χ0v) is 14.4. The smallest absolute Gasteiger partial charge is 0.410 e. The minimum absolute atomic E-state index is 0.244. The number of carbonyl (C=O) groups excluding carboxylic acids is 1. The van der Waals surface area contributed by atoms with Gasteiger partial charge in [-0.3, -0.25) is 4.90 Å². The molecule has 2 rings (SSSR count). The lowest BCUT2D eigenvalue weighted by Gasteiger charge is -2.40. The van der Waals surface area contributed by atoms with Crippen LogP contribution in [0.2, 0.25) is 0 Å². The van der Waals surface area contributed by atoms with Crippen LogP contribution in [0.1, 0.15) is 33.3 Å². The fourth-order valence-corrected chi connectivity index (χ4v) is 2.65. The highest BCUT2D eigenvalue weighted by Gasteiger charge is 2.29. The van der Waals surface area contributed by atoms with Gasteiger partial charge in [0.05, 0.1) is 0 Å². The summed E-state index contributed by atoms with van der Waals surface area (Å²) in [7, 11) is 0. The van der Waals surface area contributed by atoms with Crippen molar-refractivity contribution in [1.29, 1.82) is 0 Å². The van der Waals surface area contributed by atoms with E-state index in [-0.39, 0.29) is 12.1 Å². The van der Waals surface area contributed by atoms with Crippen molar-refractivity contribution in [3.05, 3.63) is 29.8 Å². The summed E-state index contributed by atoms with van der Waals surface area (Å²) in [4.78, 5) is 19.9. The maximum Gasteiger partial charge on any atom is 0.410 e. The molecule has 1 fully saturated rings. The number of ether oxygens (including phenoxy) is 1. The van der Waals surface area contributed by atoms with E-state index in [1.54, 1.807) is 17.2 Å². The standard InChI is InChI=1S/C17H26FN3O2/c1-13-12-21(16(22)23-17(2,3)4)10-9-20(13)8-7-14-5-6-15(18)19-11-14/h5-6,11,13H,7-10,12H2,1-4H3/t13-/m1/s1. The summed E-state index contributed by atoms with van der Waals surface area (Å²) in [6.07, 6.45) is 2.16. The van der Waals surface area contributed by atoms with Crippen LogP contribution in [0, 0.1) is 5.95 Å². The van der Waals surface area contributed by atoms with Gasteiger partial charge in [0.1, 0.15) is 5.60 Å². The van der Waals surface area contributed by atoms with Crippen LogP contribution in [-0.4, -0.2) is 58.7 Å². The quantitative estimate of drug-likeness (QED) is 0.803. The first-order chi connectivity index (χ1) is 10.7. The summed E-state index contributed by atoms with van der Waals surface area (Å²) in [5.74, 6) is -0.451. The van der Waals surface area contributed by atoms with Crippen LogP contribution in [0.4, 0.5) is 9.18 Å². The topological polar surface area (TPSA) is 45.7 Å². The Bertz CT molecular complexity index is 528. The van der Waals surface area contributed by atoms with Gasteiger partial charge in [0.2, 0.25) is 5.95 Å². The Kier molecular flexibility index (Phi) is 5.57. The van der Waals surface area contributed by atoms with Crippen molar-refractivity contribution in [2.45, 2.75) is 45.8 Å². The average Bonchev–Trinajstić information content (AvgIpc) is 2.46. The number of carbonyl (C=O) groups is 1. The number of piperazine rings is 1. The van der Waals surface area contributed by atoms with E-state index >= 15 is 0 Å². The number of aromatic nitrogens is 1. The molecule has 0 aliphatic carbocycles. The minimum Gasteiger partial charge on any atom is -0.444 e. The summed E-state index contributed by atoms with van der Waals surface area (Å²) < 4.78 is 18.2. The Morgan fingerprint density at radius 1 is 1.39 bits per heavy atom. The molecule has 1 aliphatic rings. The molecular formula is C17H26FN3O2. The molecule has 5 nitrogen and oxygen atoms in total. The van der Waals surface area contributed by atoms with Gasteiger partial charge < -0.3 is 9.64 Å². The molecule has 1 aromatic heterocycles. The van der Waals surface area contributed by atoms with Crippen molar-refractivity contribution in [1.82, 2.24) is 14.8 Å². The molecule has 0 saturated carbocycles. The molecule has 23 heavy (non-hydrogen) atoms. The SMILES string of the molecule is C[C@@H]1CN(C(=O)OC(C)(C)C)CCN1CCc1ccc(F)nc1. The number of pyridine rings is 1. The summed E-state index contributed by atoms with van der Waals surface area (Å²) in [5.41, 5.74) is 0.556. The largest absolute Gasteiger partial charge is 0.444 e. The van der Waals surface area contributed by atoms with Gasteiger partial charge in [-0.1, -0.05) is 6.07 Å². The normalized spacial score (nSPS) is 19.7. The van der Waals surface area contributed by atoms with Gasteiger partial charge in [-0.25, -0.2) is 9.78 Å². The Balaban J connectivity index is 1.82. The van der Waals surface area contributed by atoms with Crippen molar-refractivity contribution in [2.24, 2.45) is 0 Å². The van der Waals surface area contributed by atoms with Gasteiger partial charge in [0, 0.05) is 38.4 Å². The molecule has 1 saturated heterocycles. The van der Waals surface area contributed by atoms with Crippen LogP contribution >= 0.6 is 0 Å². The lowest BCUT2D eigenvalue weighted by atomic mass is 10.1. The highest BCUT2D eigenvalue weighted by molar-refractivity contribution is 5.68. The van der Waals surface area contributed by atoms with Crippen LogP contribution < -0.4 is 0 Å². The third kappa shape index (κ3) is 5.46. The summed E-state index contributed by atoms with van der Waals surface area (Å²) in [5, 5.41) is 0. The van der Waals surface area contributed by atoms with Crippen molar-refractivity contribution < 1.29 is 13.9 Å². The van der Waals surface area contributed by atoms with Gasteiger partial charge in [0.25, 0.3) is 0 Å². The molecule has 1 aromatic rings. The van der Waals surface area contributed by atoms with E-state index in [1.165, 1.54) is 6.07 Å². The number of amides is 1. The van der Waals surface area contributed by atoms with Gasteiger partial charge in [-0.2, -0.15) is 4.39 Å². The van der Waals surface area contributed by atoms with Crippen molar-refractivity contribution >= 4 is 6.09 Å². The van der Waals surface area contributed by atoms with E-state index in [9.17, 15) is 9.18 Å². The monoisotopic (exact) mass is 323 g/mol. The highest BCUT2D eigenvalue weighted by Crippen LogP contribution is 2.15. The fraction of sp³-hybridized carbons (Fsp3) is 0.647. The van der Waals surface area contributed by atoms with Gasteiger partial charge in [-0.05, 0) is 45.7 Å². The molecule has 0 spiro atoms. The predicted octanol–water partition coefficient (Wildman–Crippen LogP) is 2.70. The number of halogens is 1. The number of hydrogen-bond donors (Lipinski definition) is 0. The molecule has 0 N–H and O–H groups in total. The summed E-state index contributed by atoms with van der Waals surface area (Å²) in [6, 6.07) is 3.42. The summed E-state index contributed by atoms with van der Waals surface area (Å²) >= 11 is 0. The van der Waals surface area contributed by atoms with Crippen LogP contribution in [0.5, 0.6) is 0 Å². The number of nitrogens with zero attached hydrogens (tertiary/aromatic N) is 3. The summed E-state index contributed by atoms with van der Waals surface area (Å²) in [6.45, 7) is 10.8. The van der Waals surface area contributed by atoms with Crippen LogP contribution in [0.25, 0.3) is 0 Å². The highest BCUT2D eigenvalue weighted by atomic mass is 19.1. The number of rotatable bonds is 3. The van der Waals surface area contributed by atoms with Crippen molar-refractivity contribution in [3.63, 3.8) is 0 Å². The molecular weight excluding hydrogens is 297 g/mol. The second kappa shape index (κ2) is 7.25. The molecule has 0 aromatic carbocycles. The number of hydrogen-bond acceptors (Lipinski definition) is 4. The van der Waals surface area contributed by atoms with Gasteiger partial charge in [0.15, 0.2) is 0 Å². The molecule has 0 bridgehead atoms. The Morgan fingerprint density at radius 2 is 2.13 bits per heavy atom. The molecule has 0 radical (unpaired) electrons. The third-order valence-corrected chi connectivity index (χ3v) is 3.89. The molecule has 1 atom stereocenters. The van der Waals surface area contributed by atoms with E-state index < -0.39 is 11.5 Å². The van der Waals surface area contributed by atoms with E-state index in [0.29, 0.717) is 13.1 Å². The maximum atomic E-state index is 12.8.